The Morgan fingerprint density at radius 1 is 1.34 bits per heavy atom. The molecule has 1 atom stereocenters. The molecule has 2 N–H and O–H groups in total. The first-order chi connectivity index (χ1) is 15.5. The van der Waals surface area contributed by atoms with Gasteiger partial charge in [0.15, 0.2) is 0 Å². The number of rotatable bonds is 5. The maximum absolute atomic E-state index is 13.4. The molecule has 0 aromatic carbocycles. The van der Waals surface area contributed by atoms with Crippen LogP contribution in [0.15, 0.2) is 29.2 Å². The molecule has 1 saturated heterocycles. The minimum atomic E-state index is -0.513. The van der Waals surface area contributed by atoms with E-state index in [4.69, 9.17) is 0 Å². The Morgan fingerprint density at radius 3 is 2.88 bits per heavy atom. The van der Waals surface area contributed by atoms with Gasteiger partial charge in [-0.1, -0.05) is 6.92 Å². The number of hydrogen-bond acceptors (Lipinski definition) is 6. The standard InChI is InChI=1S/C21H22FN7O3/c1-2-13-7-18-28(11-17(30)25-16-4-3-12(22)8-24-16)19-15(20(31)29(18)26-13)10-27(21(19)32)14-5-6-23-9-14/h3-4,7-8,14,23H,2,5-6,9-11H2,1H3,(H,24,25,30)/t14-/m0/s1. The van der Waals surface area contributed by atoms with Crippen LogP contribution in [0.1, 0.15) is 35.1 Å². The molecule has 2 aliphatic heterocycles. The van der Waals surface area contributed by atoms with Crippen molar-refractivity contribution >= 4 is 23.3 Å². The van der Waals surface area contributed by atoms with Crippen molar-refractivity contribution in [1.82, 2.24) is 29.4 Å². The third-order valence-electron chi connectivity index (χ3n) is 5.95. The Hall–Kier alpha value is -3.60. The molecular formula is C21H22FN7O3. The smallest absolute Gasteiger partial charge is 0.280 e. The summed E-state index contributed by atoms with van der Waals surface area (Å²) in [6.07, 6.45) is 2.42. The molecule has 2 aliphatic rings. The molecule has 5 heterocycles. The number of aryl methyl sites for hydroxylation is 1. The highest BCUT2D eigenvalue weighted by molar-refractivity contribution is 5.98. The summed E-state index contributed by atoms with van der Waals surface area (Å²) in [4.78, 5) is 44.9. The minimum absolute atomic E-state index is 0.00137. The van der Waals surface area contributed by atoms with Crippen LogP contribution in [0.25, 0.3) is 5.65 Å². The number of carbonyl (C=O) groups excluding carboxylic acids is 2. The van der Waals surface area contributed by atoms with Crippen LogP contribution in [0, 0.1) is 5.82 Å². The molecule has 1 fully saturated rings. The van der Waals surface area contributed by atoms with Crippen molar-refractivity contribution in [3.8, 4) is 0 Å². The third-order valence-corrected chi connectivity index (χ3v) is 5.95. The summed E-state index contributed by atoms with van der Waals surface area (Å²) in [6.45, 7) is 3.37. The van der Waals surface area contributed by atoms with E-state index in [9.17, 15) is 18.8 Å². The van der Waals surface area contributed by atoms with Crippen LogP contribution in [0.3, 0.4) is 0 Å². The van der Waals surface area contributed by atoms with Gasteiger partial charge in [0.2, 0.25) is 5.91 Å². The van der Waals surface area contributed by atoms with E-state index in [1.165, 1.54) is 16.6 Å². The third kappa shape index (κ3) is 3.34. The summed E-state index contributed by atoms with van der Waals surface area (Å²) < 4.78 is 15.9. The van der Waals surface area contributed by atoms with Gasteiger partial charge in [0.1, 0.15) is 29.5 Å². The normalized spacial score (nSPS) is 17.9. The molecule has 0 spiro atoms. The number of pyridine rings is 1. The van der Waals surface area contributed by atoms with Gasteiger partial charge in [-0.2, -0.15) is 9.61 Å². The van der Waals surface area contributed by atoms with Gasteiger partial charge >= 0.3 is 0 Å². The van der Waals surface area contributed by atoms with Crippen molar-refractivity contribution < 1.29 is 14.0 Å². The van der Waals surface area contributed by atoms with Crippen LogP contribution in [-0.2, 0) is 24.3 Å². The van der Waals surface area contributed by atoms with E-state index >= 15 is 0 Å². The topological polar surface area (TPSA) is 114 Å². The fourth-order valence-electron chi connectivity index (χ4n) is 4.34. The lowest BCUT2D eigenvalue weighted by atomic mass is 10.2. The monoisotopic (exact) mass is 439 g/mol. The van der Waals surface area contributed by atoms with Crippen molar-refractivity contribution in [2.75, 3.05) is 18.4 Å². The van der Waals surface area contributed by atoms with Crippen molar-refractivity contribution in [2.24, 2.45) is 0 Å². The number of halogens is 1. The van der Waals surface area contributed by atoms with E-state index in [1.807, 2.05) is 6.92 Å². The Balaban J connectivity index is 1.56. The molecule has 3 aromatic heterocycles. The lowest BCUT2D eigenvalue weighted by Crippen LogP contribution is -2.37. The molecule has 0 radical (unpaired) electrons. The summed E-state index contributed by atoms with van der Waals surface area (Å²) >= 11 is 0. The molecule has 0 bridgehead atoms. The molecule has 0 aliphatic carbocycles. The van der Waals surface area contributed by atoms with Gasteiger partial charge in [-0.05, 0) is 31.5 Å². The molecule has 10 nitrogen and oxygen atoms in total. The number of nitrogens with one attached hydrogen (secondary N) is 2. The Kier molecular flexibility index (Phi) is 4.97. The molecule has 0 unspecified atom stereocenters. The van der Waals surface area contributed by atoms with Crippen LogP contribution in [-0.4, -0.2) is 55.0 Å². The zero-order chi connectivity index (χ0) is 22.4. The Morgan fingerprint density at radius 2 is 2.19 bits per heavy atom. The molecule has 5 rings (SSSR count). The van der Waals surface area contributed by atoms with E-state index in [-0.39, 0.29) is 42.1 Å². The average Bonchev–Trinajstić information content (AvgIpc) is 3.51. The predicted molar refractivity (Wildman–Crippen MR) is 113 cm³/mol. The van der Waals surface area contributed by atoms with Gasteiger partial charge in [0.25, 0.3) is 11.5 Å². The van der Waals surface area contributed by atoms with Gasteiger partial charge < -0.3 is 20.1 Å². The first kappa shape index (κ1) is 20.3. The summed E-state index contributed by atoms with van der Waals surface area (Å²) in [6, 6.07) is 4.27. The summed E-state index contributed by atoms with van der Waals surface area (Å²) in [5.41, 5.74) is 1.29. The second-order valence-corrected chi connectivity index (χ2v) is 7.97. The zero-order valence-corrected chi connectivity index (χ0v) is 17.5. The first-order valence-electron chi connectivity index (χ1n) is 10.5. The quantitative estimate of drug-likeness (QED) is 0.600. The van der Waals surface area contributed by atoms with E-state index in [1.54, 1.807) is 15.5 Å². The Labute approximate surface area is 182 Å². The molecule has 11 heteroatoms. The van der Waals surface area contributed by atoms with E-state index in [0.29, 0.717) is 29.9 Å². The van der Waals surface area contributed by atoms with Crippen molar-refractivity contribution in [1.29, 1.82) is 0 Å². The highest BCUT2D eigenvalue weighted by Gasteiger charge is 2.39. The maximum Gasteiger partial charge on any atom is 0.280 e. The van der Waals surface area contributed by atoms with Crippen LogP contribution < -0.4 is 16.2 Å². The van der Waals surface area contributed by atoms with Crippen LogP contribution in [0.2, 0.25) is 0 Å². The second-order valence-electron chi connectivity index (χ2n) is 7.97. The molecule has 0 saturated carbocycles. The van der Waals surface area contributed by atoms with E-state index in [0.717, 1.165) is 19.2 Å². The van der Waals surface area contributed by atoms with E-state index < -0.39 is 11.7 Å². The van der Waals surface area contributed by atoms with Crippen LogP contribution in [0.4, 0.5) is 10.2 Å². The predicted octanol–water partition coefficient (Wildman–Crippen LogP) is 0.549. The van der Waals surface area contributed by atoms with Crippen molar-refractivity contribution in [2.45, 2.75) is 38.9 Å². The highest BCUT2D eigenvalue weighted by atomic mass is 19.1. The SMILES string of the molecule is CCc1cc2n(CC(=O)Nc3ccc(F)cn3)c3c(c(=O)n2n1)CN([C@H]1CCNC1)C3=O. The van der Waals surface area contributed by atoms with Crippen LogP contribution in [0.5, 0.6) is 0 Å². The fraction of sp³-hybridized carbons (Fsp3) is 0.381. The van der Waals surface area contributed by atoms with Gasteiger partial charge in [0.05, 0.1) is 24.0 Å². The summed E-state index contributed by atoms with van der Waals surface area (Å²) in [5.74, 6) is -1.04. The fourth-order valence-corrected chi connectivity index (χ4v) is 4.34. The molecule has 32 heavy (non-hydrogen) atoms. The summed E-state index contributed by atoms with van der Waals surface area (Å²) in [7, 11) is 0. The maximum atomic E-state index is 13.4. The van der Waals surface area contributed by atoms with Gasteiger partial charge in [0, 0.05) is 18.7 Å². The van der Waals surface area contributed by atoms with Gasteiger partial charge in [-0.3, -0.25) is 14.4 Å². The average molecular weight is 439 g/mol. The second kappa shape index (κ2) is 7.83. The number of hydrogen-bond donors (Lipinski definition) is 2. The molecule has 3 aromatic rings. The van der Waals surface area contributed by atoms with Crippen LogP contribution >= 0.6 is 0 Å². The van der Waals surface area contributed by atoms with Gasteiger partial charge in [-0.25, -0.2) is 9.37 Å². The Bertz CT molecular complexity index is 1280. The molecular weight excluding hydrogens is 417 g/mol. The minimum Gasteiger partial charge on any atom is -0.328 e. The largest absolute Gasteiger partial charge is 0.328 e. The molecule has 2 amide bonds. The number of aromatic nitrogens is 4. The summed E-state index contributed by atoms with van der Waals surface area (Å²) in [5, 5.41) is 10.2. The number of amides is 2. The lowest BCUT2D eigenvalue weighted by Gasteiger charge is -2.22. The highest BCUT2D eigenvalue weighted by Crippen LogP contribution is 2.26. The zero-order valence-electron chi connectivity index (χ0n) is 17.5. The number of carbonyl (C=O) groups is 2. The van der Waals surface area contributed by atoms with Crippen molar-refractivity contribution in [3.05, 3.63) is 57.5 Å². The first-order valence-corrected chi connectivity index (χ1v) is 10.5. The number of fused-ring (bicyclic) bond motifs is 2. The number of anilines is 1. The molecule has 166 valence electrons. The lowest BCUT2D eigenvalue weighted by molar-refractivity contribution is -0.116. The van der Waals surface area contributed by atoms with Crippen molar-refractivity contribution in [3.63, 3.8) is 0 Å². The van der Waals surface area contributed by atoms with Gasteiger partial charge in [-0.15, -0.1) is 0 Å². The number of nitrogens with zero attached hydrogens (tertiary/aromatic N) is 5. The van der Waals surface area contributed by atoms with E-state index in [2.05, 4.69) is 20.7 Å².